The summed E-state index contributed by atoms with van der Waals surface area (Å²) in [5, 5.41) is 3.89. The number of fused-ring (bicyclic) bond motifs is 1. The molecule has 1 aliphatic heterocycles. The molecule has 0 spiro atoms. The quantitative estimate of drug-likeness (QED) is 0.682. The van der Waals surface area contributed by atoms with Crippen LogP contribution in [-0.2, 0) is 11.3 Å². The minimum atomic E-state index is -0.105. The van der Waals surface area contributed by atoms with Crippen LogP contribution in [0.4, 0.5) is 5.69 Å². The molecule has 0 bridgehead atoms. The fourth-order valence-corrected chi connectivity index (χ4v) is 3.43. The van der Waals surface area contributed by atoms with Gasteiger partial charge in [0.25, 0.3) is 5.56 Å². The third-order valence-electron chi connectivity index (χ3n) is 4.71. The van der Waals surface area contributed by atoms with Gasteiger partial charge in [-0.3, -0.25) is 9.20 Å². The number of nitrogens with one attached hydrogen (secondary N) is 1. The molecule has 28 heavy (non-hydrogen) atoms. The van der Waals surface area contributed by atoms with Gasteiger partial charge in [0.15, 0.2) is 0 Å². The van der Waals surface area contributed by atoms with Crippen LogP contribution in [0, 0.1) is 6.92 Å². The Morgan fingerprint density at radius 3 is 3.04 bits per heavy atom. The van der Waals surface area contributed by atoms with Crippen LogP contribution in [0.1, 0.15) is 24.1 Å². The standard InChI is InChI=1S/C21H22ClN3O3/c1-14-4-7-20-24-16(10-21(26)25(20)12-14)11-23-18-9-15(22)5-6-19(18)28-13-17-3-2-8-27-17/h4-7,9-10,12,17,23H,2-3,8,11,13H2,1H3/t17-/m1/s1. The Balaban J connectivity index is 1.51. The van der Waals surface area contributed by atoms with Crippen molar-refractivity contribution in [3.05, 3.63) is 69.2 Å². The van der Waals surface area contributed by atoms with Crippen molar-refractivity contribution in [2.45, 2.75) is 32.4 Å². The smallest absolute Gasteiger partial charge is 0.258 e. The lowest BCUT2D eigenvalue weighted by molar-refractivity contribution is 0.0682. The molecular formula is C21H22ClN3O3. The Morgan fingerprint density at radius 2 is 2.21 bits per heavy atom. The van der Waals surface area contributed by atoms with Gasteiger partial charge in [0.2, 0.25) is 0 Å². The van der Waals surface area contributed by atoms with Crippen molar-refractivity contribution in [3.8, 4) is 5.75 Å². The van der Waals surface area contributed by atoms with Crippen LogP contribution < -0.4 is 15.6 Å². The summed E-state index contributed by atoms with van der Waals surface area (Å²) in [4.78, 5) is 16.9. The average molecular weight is 400 g/mol. The minimum Gasteiger partial charge on any atom is -0.489 e. The van der Waals surface area contributed by atoms with E-state index in [4.69, 9.17) is 21.1 Å². The molecule has 4 rings (SSSR count). The molecule has 1 aromatic carbocycles. The lowest BCUT2D eigenvalue weighted by atomic mass is 10.2. The molecule has 1 saturated heterocycles. The van der Waals surface area contributed by atoms with Gasteiger partial charge >= 0.3 is 0 Å². The second-order valence-corrected chi connectivity index (χ2v) is 7.40. The molecule has 3 heterocycles. The van der Waals surface area contributed by atoms with Crippen LogP contribution in [0.2, 0.25) is 5.02 Å². The SMILES string of the molecule is Cc1ccc2nc(CNc3cc(Cl)ccc3OC[C@H]3CCCO3)cc(=O)n2c1. The predicted octanol–water partition coefficient (Wildman–Crippen LogP) is 3.83. The van der Waals surface area contributed by atoms with Gasteiger partial charge in [0.1, 0.15) is 18.0 Å². The Hall–Kier alpha value is -2.57. The van der Waals surface area contributed by atoms with E-state index in [-0.39, 0.29) is 11.7 Å². The van der Waals surface area contributed by atoms with Crippen molar-refractivity contribution in [2.75, 3.05) is 18.5 Å². The number of rotatable bonds is 6. The topological polar surface area (TPSA) is 64.9 Å². The van der Waals surface area contributed by atoms with E-state index in [1.165, 1.54) is 6.07 Å². The molecule has 0 radical (unpaired) electrons. The van der Waals surface area contributed by atoms with Crippen LogP contribution >= 0.6 is 11.6 Å². The van der Waals surface area contributed by atoms with Crippen molar-refractivity contribution in [3.63, 3.8) is 0 Å². The van der Waals surface area contributed by atoms with E-state index < -0.39 is 0 Å². The Bertz CT molecular complexity index is 1040. The molecule has 146 valence electrons. The van der Waals surface area contributed by atoms with Crippen molar-refractivity contribution >= 4 is 22.9 Å². The minimum absolute atomic E-state index is 0.105. The first-order valence-electron chi connectivity index (χ1n) is 9.35. The summed E-state index contributed by atoms with van der Waals surface area (Å²) < 4.78 is 13.1. The summed E-state index contributed by atoms with van der Waals surface area (Å²) in [5.74, 6) is 0.702. The third kappa shape index (κ3) is 4.29. The number of nitrogens with zero attached hydrogens (tertiary/aromatic N) is 2. The van der Waals surface area contributed by atoms with Gasteiger partial charge in [-0.2, -0.15) is 0 Å². The first kappa shape index (κ1) is 18.8. The van der Waals surface area contributed by atoms with Gasteiger partial charge in [-0.25, -0.2) is 4.98 Å². The molecule has 3 aromatic rings. The number of halogens is 1. The number of benzene rings is 1. The highest BCUT2D eigenvalue weighted by molar-refractivity contribution is 6.30. The first-order chi connectivity index (χ1) is 13.6. The normalized spacial score (nSPS) is 16.4. The number of ether oxygens (including phenoxy) is 2. The molecule has 1 fully saturated rings. The molecule has 7 heteroatoms. The Morgan fingerprint density at radius 1 is 1.32 bits per heavy atom. The van der Waals surface area contributed by atoms with Gasteiger partial charge in [0, 0.05) is 23.9 Å². The predicted molar refractivity (Wildman–Crippen MR) is 109 cm³/mol. The molecule has 6 nitrogen and oxygen atoms in total. The van der Waals surface area contributed by atoms with E-state index >= 15 is 0 Å². The van der Waals surface area contributed by atoms with E-state index in [0.717, 1.165) is 30.7 Å². The maximum atomic E-state index is 12.4. The summed E-state index contributed by atoms with van der Waals surface area (Å²) in [6.45, 7) is 3.63. The van der Waals surface area contributed by atoms with Crippen LogP contribution in [0.3, 0.4) is 0 Å². The summed E-state index contributed by atoms with van der Waals surface area (Å²) in [6, 6.07) is 10.8. The fourth-order valence-electron chi connectivity index (χ4n) is 3.26. The van der Waals surface area contributed by atoms with Crippen LogP contribution in [0.15, 0.2) is 47.4 Å². The summed E-state index contributed by atoms with van der Waals surface area (Å²) in [6.07, 6.45) is 4.01. The zero-order valence-electron chi connectivity index (χ0n) is 15.7. The largest absolute Gasteiger partial charge is 0.489 e. The van der Waals surface area contributed by atoms with Gasteiger partial charge in [-0.05, 0) is 49.6 Å². The monoisotopic (exact) mass is 399 g/mol. The number of hydrogen-bond acceptors (Lipinski definition) is 5. The molecule has 1 N–H and O–H groups in total. The van der Waals surface area contributed by atoms with Crippen molar-refractivity contribution in [1.82, 2.24) is 9.38 Å². The van der Waals surface area contributed by atoms with E-state index in [1.807, 2.05) is 31.2 Å². The Kier molecular flexibility index (Phi) is 5.50. The summed E-state index contributed by atoms with van der Waals surface area (Å²) >= 11 is 6.15. The highest BCUT2D eigenvalue weighted by Crippen LogP contribution is 2.29. The van der Waals surface area contributed by atoms with Crippen LogP contribution in [0.5, 0.6) is 5.75 Å². The Labute approximate surface area is 168 Å². The van der Waals surface area contributed by atoms with E-state index in [2.05, 4.69) is 10.3 Å². The van der Waals surface area contributed by atoms with Crippen molar-refractivity contribution in [2.24, 2.45) is 0 Å². The molecule has 0 amide bonds. The van der Waals surface area contributed by atoms with Gasteiger partial charge in [0.05, 0.1) is 24.0 Å². The van der Waals surface area contributed by atoms with Crippen LogP contribution in [-0.4, -0.2) is 28.7 Å². The number of anilines is 1. The maximum absolute atomic E-state index is 12.4. The summed E-state index contributed by atoms with van der Waals surface area (Å²) in [5.41, 5.74) is 2.94. The molecule has 0 saturated carbocycles. The molecule has 0 aliphatic carbocycles. The zero-order valence-corrected chi connectivity index (χ0v) is 16.4. The lowest BCUT2D eigenvalue weighted by Gasteiger charge is -2.16. The molecular weight excluding hydrogens is 378 g/mol. The highest BCUT2D eigenvalue weighted by atomic mass is 35.5. The maximum Gasteiger partial charge on any atom is 0.258 e. The molecule has 0 unspecified atom stereocenters. The zero-order chi connectivity index (χ0) is 19.5. The van der Waals surface area contributed by atoms with Gasteiger partial charge < -0.3 is 14.8 Å². The number of hydrogen-bond donors (Lipinski definition) is 1. The summed E-state index contributed by atoms with van der Waals surface area (Å²) in [7, 11) is 0. The van der Waals surface area contributed by atoms with E-state index in [1.54, 1.807) is 16.7 Å². The lowest BCUT2D eigenvalue weighted by Crippen LogP contribution is -2.18. The second-order valence-electron chi connectivity index (χ2n) is 6.96. The molecule has 1 atom stereocenters. The second kappa shape index (κ2) is 8.20. The van der Waals surface area contributed by atoms with Crippen LogP contribution in [0.25, 0.3) is 5.65 Å². The van der Waals surface area contributed by atoms with E-state index in [9.17, 15) is 4.79 Å². The fraction of sp³-hybridized carbons (Fsp3) is 0.333. The molecule has 1 aliphatic rings. The number of pyridine rings is 1. The number of aromatic nitrogens is 2. The molecule has 2 aromatic heterocycles. The highest BCUT2D eigenvalue weighted by Gasteiger charge is 2.17. The third-order valence-corrected chi connectivity index (χ3v) is 4.95. The van der Waals surface area contributed by atoms with Crippen molar-refractivity contribution in [1.29, 1.82) is 0 Å². The van der Waals surface area contributed by atoms with Gasteiger partial charge in [-0.15, -0.1) is 0 Å². The first-order valence-corrected chi connectivity index (χ1v) is 9.73. The average Bonchev–Trinajstić information content (AvgIpc) is 3.20. The van der Waals surface area contributed by atoms with Crippen molar-refractivity contribution < 1.29 is 9.47 Å². The van der Waals surface area contributed by atoms with E-state index in [0.29, 0.717) is 35.3 Å². The van der Waals surface area contributed by atoms with Gasteiger partial charge in [-0.1, -0.05) is 17.7 Å². The number of aryl methyl sites for hydroxylation is 1.